The van der Waals surface area contributed by atoms with Crippen molar-refractivity contribution in [3.05, 3.63) is 37.9 Å². The van der Waals surface area contributed by atoms with E-state index in [4.69, 9.17) is 0 Å². The summed E-state index contributed by atoms with van der Waals surface area (Å²) in [6.07, 6.45) is 6.11. The first-order chi connectivity index (χ1) is 8.74. The van der Waals surface area contributed by atoms with Crippen molar-refractivity contribution < 1.29 is 0 Å². The molecule has 0 amide bonds. The molecule has 0 radical (unpaired) electrons. The molecule has 0 atom stereocenters. The lowest BCUT2D eigenvalue weighted by Crippen LogP contribution is -2.16. The van der Waals surface area contributed by atoms with Crippen molar-refractivity contribution in [1.82, 2.24) is 9.97 Å². The van der Waals surface area contributed by atoms with Crippen LogP contribution in [0.1, 0.15) is 43.8 Å². The SMILES string of the molecule is O=c1[nH]c(C2CCCCC2)nc2ccc(I)cc12. The van der Waals surface area contributed by atoms with E-state index in [0.29, 0.717) is 11.3 Å². The van der Waals surface area contributed by atoms with E-state index in [9.17, 15) is 4.79 Å². The van der Waals surface area contributed by atoms with E-state index in [1.54, 1.807) is 0 Å². The number of H-pyrrole nitrogens is 1. The van der Waals surface area contributed by atoms with Crippen molar-refractivity contribution in [3.63, 3.8) is 0 Å². The molecule has 0 spiro atoms. The lowest BCUT2D eigenvalue weighted by atomic mass is 9.88. The Morgan fingerprint density at radius 1 is 1.22 bits per heavy atom. The zero-order valence-electron chi connectivity index (χ0n) is 10.1. The minimum absolute atomic E-state index is 0.000843. The molecule has 0 aliphatic heterocycles. The van der Waals surface area contributed by atoms with Crippen LogP contribution < -0.4 is 5.56 Å². The molecule has 0 saturated heterocycles. The summed E-state index contributed by atoms with van der Waals surface area (Å²) in [7, 11) is 0. The van der Waals surface area contributed by atoms with Crippen LogP contribution in [0.4, 0.5) is 0 Å². The van der Waals surface area contributed by atoms with Crippen molar-refractivity contribution in [2.24, 2.45) is 0 Å². The summed E-state index contributed by atoms with van der Waals surface area (Å²) in [4.78, 5) is 19.7. The third kappa shape index (κ3) is 2.30. The zero-order chi connectivity index (χ0) is 12.5. The Balaban J connectivity index is 2.09. The maximum absolute atomic E-state index is 12.1. The first-order valence-corrected chi connectivity index (χ1v) is 7.51. The van der Waals surface area contributed by atoms with Gasteiger partial charge in [-0.15, -0.1) is 0 Å². The van der Waals surface area contributed by atoms with Gasteiger partial charge >= 0.3 is 0 Å². The van der Waals surface area contributed by atoms with Gasteiger partial charge in [0.1, 0.15) is 5.82 Å². The predicted molar refractivity (Wildman–Crippen MR) is 80.9 cm³/mol. The fourth-order valence-corrected chi connectivity index (χ4v) is 3.19. The first-order valence-electron chi connectivity index (χ1n) is 6.43. The summed E-state index contributed by atoms with van der Waals surface area (Å²) in [5.74, 6) is 1.32. The van der Waals surface area contributed by atoms with Crippen molar-refractivity contribution in [3.8, 4) is 0 Å². The Bertz CT molecular complexity index is 629. The first kappa shape index (κ1) is 12.1. The van der Waals surface area contributed by atoms with Crippen LogP contribution in [0.5, 0.6) is 0 Å². The minimum Gasteiger partial charge on any atom is -0.310 e. The number of halogens is 1. The second-order valence-corrected chi connectivity index (χ2v) is 6.19. The number of rotatable bonds is 1. The molecular formula is C14H15IN2O. The molecule has 3 nitrogen and oxygen atoms in total. The van der Waals surface area contributed by atoms with Crippen molar-refractivity contribution in [2.75, 3.05) is 0 Å². The molecule has 1 aromatic carbocycles. The number of nitrogens with zero attached hydrogens (tertiary/aromatic N) is 1. The summed E-state index contributed by atoms with van der Waals surface area (Å²) in [6.45, 7) is 0. The molecule has 3 rings (SSSR count). The van der Waals surface area contributed by atoms with Crippen LogP contribution in [0.15, 0.2) is 23.0 Å². The minimum atomic E-state index is -0.000843. The molecule has 1 N–H and O–H groups in total. The van der Waals surface area contributed by atoms with Crippen LogP contribution in [0.2, 0.25) is 0 Å². The van der Waals surface area contributed by atoms with Gasteiger partial charge in [0, 0.05) is 9.49 Å². The van der Waals surface area contributed by atoms with Gasteiger partial charge in [-0.25, -0.2) is 4.98 Å². The maximum atomic E-state index is 12.1. The standard InChI is InChI=1S/C14H15IN2O/c15-10-6-7-12-11(8-10)14(18)17-13(16-12)9-4-2-1-3-5-9/h6-9H,1-5H2,(H,16,17,18). The maximum Gasteiger partial charge on any atom is 0.258 e. The van der Waals surface area contributed by atoms with Crippen LogP contribution in [0.25, 0.3) is 10.9 Å². The highest BCUT2D eigenvalue weighted by atomic mass is 127. The van der Waals surface area contributed by atoms with Crippen LogP contribution in [-0.2, 0) is 0 Å². The largest absolute Gasteiger partial charge is 0.310 e. The highest BCUT2D eigenvalue weighted by Gasteiger charge is 2.18. The molecule has 1 aliphatic rings. The normalized spacial score (nSPS) is 17.2. The molecule has 1 aliphatic carbocycles. The van der Waals surface area contributed by atoms with E-state index in [1.807, 2.05) is 18.2 Å². The average Bonchev–Trinajstić information content (AvgIpc) is 2.40. The Morgan fingerprint density at radius 3 is 2.78 bits per heavy atom. The lowest BCUT2D eigenvalue weighted by Gasteiger charge is -2.20. The Hall–Kier alpha value is -0.910. The predicted octanol–water partition coefficient (Wildman–Crippen LogP) is 3.58. The van der Waals surface area contributed by atoms with Gasteiger partial charge in [-0.05, 0) is 53.6 Å². The summed E-state index contributed by atoms with van der Waals surface area (Å²) in [5, 5.41) is 0.696. The van der Waals surface area contributed by atoms with E-state index in [0.717, 1.165) is 27.8 Å². The van der Waals surface area contributed by atoms with Crippen molar-refractivity contribution in [2.45, 2.75) is 38.0 Å². The van der Waals surface area contributed by atoms with Gasteiger partial charge in [0.25, 0.3) is 5.56 Å². The fraction of sp³-hybridized carbons (Fsp3) is 0.429. The molecular weight excluding hydrogens is 339 g/mol. The summed E-state index contributed by atoms with van der Waals surface area (Å²) >= 11 is 2.22. The fourth-order valence-electron chi connectivity index (χ4n) is 2.70. The monoisotopic (exact) mass is 354 g/mol. The van der Waals surface area contributed by atoms with E-state index in [2.05, 4.69) is 32.6 Å². The van der Waals surface area contributed by atoms with E-state index in [1.165, 1.54) is 19.3 Å². The van der Waals surface area contributed by atoms with Crippen LogP contribution in [0, 0.1) is 3.57 Å². The molecule has 0 unspecified atom stereocenters. The Labute approximate surface area is 119 Å². The topological polar surface area (TPSA) is 45.8 Å². The van der Waals surface area contributed by atoms with Crippen LogP contribution in [0.3, 0.4) is 0 Å². The average molecular weight is 354 g/mol. The summed E-state index contributed by atoms with van der Waals surface area (Å²) in [5.41, 5.74) is 0.818. The third-order valence-corrected chi connectivity index (χ3v) is 4.35. The van der Waals surface area contributed by atoms with Crippen molar-refractivity contribution >= 4 is 33.5 Å². The van der Waals surface area contributed by atoms with Crippen LogP contribution in [-0.4, -0.2) is 9.97 Å². The van der Waals surface area contributed by atoms with Gasteiger partial charge in [0.05, 0.1) is 10.9 Å². The third-order valence-electron chi connectivity index (χ3n) is 3.68. The van der Waals surface area contributed by atoms with E-state index < -0.39 is 0 Å². The summed E-state index contributed by atoms with van der Waals surface area (Å²) < 4.78 is 1.07. The Kier molecular flexibility index (Phi) is 3.37. The molecule has 18 heavy (non-hydrogen) atoms. The van der Waals surface area contributed by atoms with Gasteiger partial charge in [-0.3, -0.25) is 4.79 Å². The highest BCUT2D eigenvalue weighted by molar-refractivity contribution is 14.1. The van der Waals surface area contributed by atoms with E-state index >= 15 is 0 Å². The van der Waals surface area contributed by atoms with Crippen LogP contribution >= 0.6 is 22.6 Å². The second kappa shape index (κ2) is 4.99. The number of benzene rings is 1. The molecule has 1 heterocycles. The zero-order valence-corrected chi connectivity index (χ0v) is 12.2. The molecule has 0 bridgehead atoms. The summed E-state index contributed by atoms with van der Waals surface area (Å²) in [6, 6.07) is 5.84. The molecule has 1 fully saturated rings. The number of fused-ring (bicyclic) bond motifs is 1. The number of aromatic nitrogens is 2. The number of hydrogen-bond acceptors (Lipinski definition) is 2. The van der Waals surface area contributed by atoms with Gasteiger partial charge in [-0.1, -0.05) is 19.3 Å². The van der Waals surface area contributed by atoms with Crippen molar-refractivity contribution in [1.29, 1.82) is 0 Å². The van der Waals surface area contributed by atoms with Gasteiger partial charge in [0.2, 0.25) is 0 Å². The van der Waals surface area contributed by atoms with E-state index in [-0.39, 0.29) is 5.56 Å². The number of nitrogens with one attached hydrogen (secondary N) is 1. The second-order valence-electron chi connectivity index (χ2n) is 4.95. The molecule has 4 heteroatoms. The number of hydrogen-bond donors (Lipinski definition) is 1. The molecule has 94 valence electrons. The number of aromatic amines is 1. The Morgan fingerprint density at radius 2 is 2.00 bits per heavy atom. The smallest absolute Gasteiger partial charge is 0.258 e. The van der Waals surface area contributed by atoms with Gasteiger partial charge in [-0.2, -0.15) is 0 Å². The quantitative estimate of drug-likeness (QED) is 0.796. The van der Waals surface area contributed by atoms with Gasteiger partial charge < -0.3 is 4.98 Å². The van der Waals surface area contributed by atoms with Gasteiger partial charge in [0.15, 0.2) is 0 Å². The molecule has 1 saturated carbocycles. The lowest BCUT2D eigenvalue weighted by molar-refractivity contribution is 0.429. The highest BCUT2D eigenvalue weighted by Crippen LogP contribution is 2.30. The molecule has 1 aromatic heterocycles. The molecule has 2 aromatic rings.